The Kier molecular flexibility index (Phi) is 8.39. The van der Waals surface area contributed by atoms with Crippen molar-refractivity contribution in [2.45, 2.75) is 45.4 Å². The van der Waals surface area contributed by atoms with E-state index in [1.165, 1.54) is 6.07 Å². The fraction of sp³-hybridized carbons (Fsp3) is 0.296. The Morgan fingerprint density at radius 1 is 1.06 bits per heavy atom. The standard InChI is InChI=1S/C27H30ClNO4S/c1-5-15-33-25-11-7-6-9-22(25)20-13-14-23(21(17-20)16-18(2)3)27(30)29-34(31,32)26-12-8-10-24(28)19(26)4/h6-14,17-18H,5,15-16H2,1-4H3,(H,29,30). The molecule has 0 atom stereocenters. The molecule has 34 heavy (non-hydrogen) atoms. The lowest BCUT2D eigenvalue weighted by Gasteiger charge is -2.16. The molecule has 0 fully saturated rings. The summed E-state index contributed by atoms with van der Waals surface area (Å²) >= 11 is 6.09. The molecular formula is C27H30ClNO4S. The molecule has 3 aromatic rings. The summed E-state index contributed by atoms with van der Waals surface area (Å²) in [6.45, 7) is 8.38. The molecule has 0 saturated carbocycles. The van der Waals surface area contributed by atoms with Crippen LogP contribution in [0.3, 0.4) is 0 Å². The summed E-state index contributed by atoms with van der Waals surface area (Å²) in [4.78, 5) is 13.1. The van der Waals surface area contributed by atoms with Crippen molar-refractivity contribution in [2.24, 2.45) is 5.92 Å². The lowest BCUT2D eigenvalue weighted by Crippen LogP contribution is -2.32. The lowest BCUT2D eigenvalue weighted by atomic mass is 9.93. The number of carbonyl (C=O) groups is 1. The summed E-state index contributed by atoms with van der Waals surface area (Å²) < 4.78 is 34.0. The zero-order chi connectivity index (χ0) is 24.9. The van der Waals surface area contributed by atoms with Crippen LogP contribution in [0.4, 0.5) is 0 Å². The van der Waals surface area contributed by atoms with Crippen molar-refractivity contribution in [1.82, 2.24) is 4.72 Å². The summed E-state index contributed by atoms with van der Waals surface area (Å²) in [5, 5.41) is 0.323. The molecule has 0 spiro atoms. The Morgan fingerprint density at radius 3 is 2.50 bits per heavy atom. The second kappa shape index (κ2) is 11.1. The molecule has 0 unspecified atom stereocenters. The van der Waals surface area contributed by atoms with Crippen LogP contribution in [0.2, 0.25) is 5.02 Å². The van der Waals surface area contributed by atoms with Crippen LogP contribution in [0.15, 0.2) is 65.6 Å². The molecule has 0 aromatic heterocycles. The van der Waals surface area contributed by atoms with Gasteiger partial charge in [0.2, 0.25) is 0 Å². The van der Waals surface area contributed by atoms with E-state index in [2.05, 4.69) is 25.5 Å². The third-order valence-corrected chi connectivity index (χ3v) is 7.26. The minimum absolute atomic E-state index is 0.0163. The van der Waals surface area contributed by atoms with Crippen LogP contribution >= 0.6 is 11.6 Å². The van der Waals surface area contributed by atoms with E-state index in [1.807, 2.05) is 36.4 Å². The van der Waals surface area contributed by atoms with Crippen LogP contribution in [-0.4, -0.2) is 20.9 Å². The van der Waals surface area contributed by atoms with Gasteiger partial charge >= 0.3 is 0 Å². The number of nitrogens with one attached hydrogen (secondary N) is 1. The fourth-order valence-electron chi connectivity index (χ4n) is 3.75. The van der Waals surface area contributed by atoms with Crippen LogP contribution in [0.1, 0.15) is 48.7 Å². The quantitative estimate of drug-likeness (QED) is 0.368. The van der Waals surface area contributed by atoms with E-state index >= 15 is 0 Å². The largest absolute Gasteiger partial charge is 0.493 e. The van der Waals surface area contributed by atoms with Crippen LogP contribution in [-0.2, 0) is 16.4 Å². The highest BCUT2D eigenvalue weighted by Crippen LogP contribution is 2.32. The van der Waals surface area contributed by atoms with Crippen molar-refractivity contribution in [3.8, 4) is 16.9 Å². The number of hydrogen-bond acceptors (Lipinski definition) is 4. The summed E-state index contributed by atoms with van der Waals surface area (Å²) in [7, 11) is -4.09. The maximum Gasteiger partial charge on any atom is 0.265 e. The third-order valence-electron chi connectivity index (χ3n) is 5.37. The number of carbonyl (C=O) groups excluding carboxylic acids is 1. The Labute approximate surface area is 207 Å². The number of sulfonamides is 1. The first-order valence-electron chi connectivity index (χ1n) is 11.3. The topological polar surface area (TPSA) is 72.5 Å². The molecule has 3 rings (SSSR count). The van der Waals surface area contributed by atoms with Gasteiger partial charge < -0.3 is 4.74 Å². The zero-order valence-corrected chi connectivity index (χ0v) is 21.5. The number of ether oxygens (including phenoxy) is 1. The minimum Gasteiger partial charge on any atom is -0.493 e. The monoisotopic (exact) mass is 499 g/mol. The van der Waals surface area contributed by atoms with Crippen molar-refractivity contribution in [3.05, 3.63) is 82.4 Å². The van der Waals surface area contributed by atoms with Gasteiger partial charge in [0.25, 0.3) is 15.9 Å². The Balaban J connectivity index is 1.99. The molecule has 7 heteroatoms. The predicted molar refractivity (Wildman–Crippen MR) is 137 cm³/mol. The molecule has 0 aliphatic carbocycles. The number of amides is 1. The highest BCUT2D eigenvalue weighted by atomic mass is 35.5. The van der Waals surface area contributed by atoms with Gasteiger partial charge in [0.05, 0.1) is 11.5 Å². The van der Waals surface area contributed by atoms with Gasteiger partial charge in [-0.15, -0.1) is 0 Å². The highest BCUT2D eigenvalue weighted by molar-refractivity contribution is 7.90. The van der Waals surface area contributed by atoms with Crippen molar-refractivity contribution >= 4 is 27.5 Å². The Bertz CT molecular complexity index is 1290. The fourth-order valence-corrected chi connectivity index (χ4v) is 5.21. The number of halogens is 1. The Hall–Kier alpha value is -2.83. The van der Waals surface area contributed by atoms with E-state index in [1.54, 1.807) is 25.1 Å². The molecule has 0 aliphatic heterocycles. The molecule has 0 heterocycles. The van der Waals surface area contributed by atoms with E-state index in [-0.39, 0.29) is 10.8 Å². The predicted octanol–water partition coefficient (Wildman–Crippen LogP) is 6.42. The third kappa shape index (κ3) is 5.99. The first-order valence-corrected chi connectivity index (χ1v) is 13.2. The van der Waals surface area contributed by atoms with Crippen molar-refractivity contribution in [1.29, 1.82) is 0 Å². The Morgan fingerprint density at radius 2 is 1.79 bits per heavy atom. The SMILES string of the molecule is CCCOc1ccccc1-c1ccc(C(=O)NS(=O)(=O)c2cccc(Cl)c2C)c(CC(C)C)c1. The molecule has 1 amide bonds. The van der Waals surface area contributed by atoms with E-state index in [4.69, 9.17) is 16.3 Å². The van der Waals surface area contributed by atoms with Gasteiger partial charge in [-0.3, -0.25) is 4.79 Å². The summed E-state index contributed by atoms with van der Waals surface area (Å²) in [6, 6.07) is 17.8. The maximum atomic E-state index is 13.1. The molecule has 180 valence electrons. The van der Waals surface area contributed by atoms with Crippen molar-refractivity contribution in [3.63, 3.8) is 0 Å². The number of rotatable bonds is 9. The smallest absolute Gasteiger partial charge is 0.265 e. The average Bonchev–Trinajstić information content (AvgIpc) is 2.78. The normalized spacial score (nSPS) is 11.5. The zero-order valence-electron chi connectivity index (χ0n) is 19.9. The van der Waals surface area contributed by atoms with Crippen molar-refractivity contribution < 1.29 is 17.9 Å². The van der Waals surface area contributed by atoms with Gasteiger partial charge in [-0.25, -0.2) is 13.1 Å². The molecular weight excluding hydrogens is 470 g/mol. The van der Waals surface area contributed by atoms with Crippen LogP contribution in [0.25, 0.3) is 11.1 Å². The van der Waals surface area contributed by atoms with Gasteiger partial charge in [0, 0.05) is 16.1 Å². The van der Waals surface area contributed by atoms with Gasteiger partial charge in [0.15, 0.2) is 0 Å². The molecule has 0 radical (unpaired) electrons. The molecule has 3 aromatic carbocycles. The minimum atomic E-state index is -4.09. The number of para-hydroxylation sites is 1. The van der Waals surface area contributed by atoms with Crippen LogP contribution in [0.5, 0.6) is 5.75 Å². The van der Waals surface area contributed by atoms with E-state index in [0.717, 1.165) is 28.9 Å². The molecule has 1 N–H and O–H groups in total. The van der Waals surface area contributed by atoms with Gasteiger partial charge in [-0.05, 0) is 66.6 Å². The maximum absolute atomic E-state index is 13.1. The number of benzene rings is 3. The van der Waals surface area contributed by atoms with Crippen LogP contribution < -0.4 is 9.46 Å². The van der Waals surface area contributed by atoms with E-state index < -0.39 is 15.9 Å². The van der Waals surface area contributed by atoms with Gasteiger partial charge in [-0.2, -0.15) is 0 Å². The summed E-state index contributed by atoms with van der Waals surface area (Å²) in [5.41, 5.74) is 3.33. The highest BCUT2D eigenvalue weighted by Gasteiger charge is 2.23. The van der Waals surface area contributed by atoms with Gasteiger partial charge in [0.1, 0.15) is 5.75 Å². The van der Waals surface area contributed by atoms with E-state index in [9.17, 15) is 13.2 Å². The average molecular weight is 500 g/mol. The molecule has 0 saturated heterocycles. The van der Waals surface area contributed by atoms with Crippen LogP contribution in [0, 0.1) is 12.8 Å². The summed E-state index contributed by atoms with van der Waals surface area (Å²) in [5.74, 6) is 0.369. The number of hydrogen-bond donors (Lipinski definition) is 1. The second-order valence-electron chi connectivity index (χ2n) is 8.61. The second-order valence-corrected chi connectivity index (χ2v) is 10.7. The summed E-state index contributed by atoms with van der Waals surface area (Å²) in [6.07, 6.45) is 1.51. The first-order chi connectivity index (χ1) is 16.1. The lowest BCUT2D eigenvalue weighted by molar-refractivity contribution is 0.0980. The van der Waals surface area contributed by atoms with E-state index in [0.29, 0.717) is 29.2 Å². The first kappa shape index (κ1) is 25.8. The van der Waals surface area contributed by atoms with Gasteiger partial charge in [-0.1, -0.05) is 68.8 Å². The molecule has 0 bridgehead atoms. The molecule has 5 nitrogen and oxygen atoms in total. The van der Waals surface area contributed by atoms with Crippen molar-refractivity contribution in [2.75, 3.05) is 6.61 Å². The molecule has 0 aliphatic rings.